The quantitative estimate of drug-likeness (QED) is 0.910. The van der Waals surface area contributed by atoms with Crippen LogP contribution in [-0.4, -0.2) is 15.0 Å². The van der Waals surface area contributed by atoms with Gasteiger partial charge in [0, 0.05) is 12.4 Å². The summed E-state index contributed by atoms with van der Waals surface area (Å²) < 4.78 is 0. The largest absolute Gasteiger partial charge is 0.383 e. The van der Waals surface area contributed by atoms with Crippen LogP contribution in [0.5, 0.6) is 0 Å². The number of nitrogen functional groups attached to an aromatic ring is 1. The number of rotatable bonds is 4. The maximum atomic E-state index is 5.96. The molecule has 0 bridgehead atoms. The van der Waals surface area contributed by atoms with E-state index in [4.69, 9.17) is 5.73 Å². The Kier molecular flexibility index (Phi) is 4.23. The molecule has 0 aliphatic rings. The maximum Gasteiger partial charge on any atom is 0.162 e. The molecule has 19 heavy (non-hydrogen) atoms. The molecule has 4 heteroatoms. The third kappa shape index (κ3) is 3.61. The van der Waals surface area contributed by atoms with Crippen molar-refractivity contribution in [3.05, 3.63) is 42.4 Å². The molecule has 0 fully saturated rings. The molecular formula is C15H18N4. The van der Waals surface area contributed by atoms with Gasteiger partial charge in [-0.1, -0.05) is 19.9 Å². The minimum absolute atomic E-state index is 0.456. The van der Waals surface area contributed by atoms with Gasteiger partial charge in [-0.2, -0.15) is 0 Å². The molecule has 0 spiro atoms. The highest BCUT2D eigenvalue weighted by Crippen LogP contribution is 2.20. The molecule has 0 aliphatic carbocycles. The molecule has 0 amide bonds. The zero-order valence-corrected chi connectivity index (χ0v) is 11.2. The summed E-state index contributed by atoms with van der Waals surface area (Å²) in [6, 6.07) is 5.61. The van der Waals surface area contributed by atoms with Gasteiger partial charge in [-0.25, -0.2) is 15.0 Å². The SMILES string of the molecule is CC(C)C/C=C/c1ccc(-c2ncccn2)c(N)n1. The van der Waals surface area contributed by atoms with Gasteiger partial charge >= 0.3 is 0 Å². The first-order chi connectivity index (χ1) is 9.16. The van der Waals surface area contributed by atoms with Crippen molar-refractivity contribution in [2.45, 2.75) is 20.3 Å². The van der Waals surface area contributed by atoms with E-state index in [0.29, 0.717) is 17.6 Å². The molecule has 2 aromatic heterocycles. The van der Waals surface area contributed by atoms with Crippen LogP contribution in [0.4, 0.5) is 5.82 Å². The van der Waals surface area contributed by atoms with Crippen LogP contribution in [0.25, 0.3) is 17.5 Å². The Morgan fingerprint density at radius 2 is 1.95 bits per heavy atom. The molecule has 4 nitrogen and oxygen atoms in total. The molecule has 0 saturated heterocycles. The highest BCUT2D eigenvalue weighted by Gasteiger charge is 2.06. The van der Waals surface area contributed by atoms with Crippen LogP contribution < -0.4 is 5.73 Å². The van der Waals surface area contributed by atoms with Crippen LogP contribution in [0, 0.1) is 5.92 Å². The summed E-state index contributed by atoms with van der Waals surface area (Å²) in [7, 11) is 0. The third-order valence-electron chi connectivity index (χ3n) is 2.65. The van der Waals surface area contributed by atoms with Gasteiger partial charge in [-0.15, -0.1) is 0 Å². The predicted octanol–water partition coefficient (Wildman–Crippen LogP) is 3.18. The number of nitrogens with zero attached hydrogens (tertiary/aromatic N) is 3. The van der Waals surface area contributed by atoms with Crippen molar-refractivity contribution in [1.82, 2.24) is 15.0 Å². The lowest BCUT2D eigenvalue weighted by atomic mass is 10.1. The number of hydrogen-bond donors (Lipinski definition) is 1. The standard InChI is InChI=1S/C15H18N4/c1-11(2)5-3-6-12-7-8-13(14(16)19-12)15-17-9-4-10-18-15/h3-4,6-11H,5H2,1-2H3,(H2,16,19)/b6-3+. The number of anilines is 1. The minimum atomic E-state index is 0.456. The minimum Gasteiger partial charge on any atom is -0.383 e. The molecule has 0 radical (unpaired) electrons. The Morgan fingerprint density at radius 3 is 2.58 bits per heavy atom. The van der Waals surface area contributed by atoms with E-state index < -0.39 is 0 Å². The van der Waals surface area contributed by atoms with Crippen molar-refractivity contribution in [3.63, 3.8) is 0 Å². The Morgan fingerprint density at radius 1 is 1.21 bits per heavy atom. The molecule has 2 rings (SSSR count). The maximum absolute atomic E-state index is 5.96. The molecule has 2 heterocycles. The fraction of sp³-hybridized carbons (Fsp3) is 0.267. The van der Waals surface area contributed by atoms with Crippen LogP contribution in [-0.2, 0) is 0 Å². The average Bonchev–Trinajstić information content (AvgIpc) is 2.39. The summed E-state index contributed by atoms with van der Waals surface area (Å²) in [5.74, 6) is 1.70. The average molecular weight is 254 g/mol. The van der Waals surface area contributed by atoms with Crippen molar-refractivity contribution in [2.24, 2.45) is 5.92 Å². The van der Waals surface area contributed by atoms with Crippen LogP contribution in [0.1, 0.15) is 26.0 Å². The van der Waals surface area contributed by atoms with Crippen LogP contribution in [0.3, 0.4) is 0 Å². The van der Waals surface area contributed by atoms with Gasteiger partial charge in [0.25, 0.3) is 0 Å². The number of pyridine rings is 1. The summed E-state index contributed by atoms with van der Waals surface area (Å²) in [6.07, 6.45) is 8.53. The van der Waals surface area contributed by atoms with Crippen molar-refractivity contribution in [3.8, 4) is 11.4 Å². The third-order valence-corrected chi connectivity index (χ3v) is 2.65. The lowest BCUT2D eigenvalue weighted by molar-refractivity contribution is 0.665. The predicted molar refractivity (Wildman–Crippen MR) is 78.2 cm³/mol. The molecular weight excluding hydrogens is 236 g/mol. The van der Waals surface area contributed by atoms with Gasteiger partial charge in [-0.3, -0.25) is 0 Å². The summed E-state index contributed by atoms with van der Waals surface area (Å²) in [5.41, 5.74) is 7.58. The zero-order valence-electron chi connectivity index (χ0n) is 11.2. The summed E-state index contributed by atoms with van der Waals surface area (Å²) in [4.78, 5) is 12.7. The van der Waals surface area contributed by atoms with Crippen LogP contribution >= 0.6 is 0 Å². The van der Waals surface area contributed by atoms with Crippen molar-refractivity contribution < 1.29 is 0 Å². The van der Waals surface area contributed by atoms with E-state index in [1.807, 2.05) is 18.2 Å². The normalized spacial score (nSPS) is 11.3. The van der Waals surface area contributed by atoms with E-state index in [2.05, 4.69) is 34.9 Å². The first kappa shape index (κ1) is 13.2. The molecule has 98 valence electrons. The lowest BCUT2D eigenvalue weighted by Crippen LogP contribution is -1.98. The number of nitrogens with two attached hydrogens (primary N) is 1. The Bertz CT molecular complexity index is 562. The fourth-order valence-electron chi connectivity index (χ4n) is 1.67. The van der Waals surface area contributed by atoms with E-state index in [1.54, 1.807) is 18.5 Å². The van der Waals surface area contributed by atoms with E-state index >= 15 is 0 Å². The van der Waals surface area contributed by atoms with Crippen LogP contribution in [0.15, 0.2) is 36.7 Å². The number of aromatic nitrogens is 3. The van der Waals surface area contributed by atoms with E-state index in [0.717, 1.165) is 17.7 Å². The van der Waals surface area contributed by atoms with Crippen molar-refractivity contribution in [1.29, 1.82) is 0 Å². The fourth-order valence-corrected chi connectivity index (χ4v) is 1.67. The second-order valence-corrected chi connectivity index (χ2v) is 4.77. The topological polar surface area (TPSA) is 64.7 Å². The van der Waals surface area contributed by atoms with Gasteiger partial charge in [0.05, 0.1) is 11.3 Å². The van der Waals surface area contributed by atoms with Gasteiger partial charge in [-0.05, 0) is 36.6 Å². The molecule has 0 atom stereocenters. The number of allylic oxidation sites excluding steroid dienone is 1. The summed E-state index contributed by atoms with van der Waals surface area (Å²) >= 11 is 0. The smallest absolute Gasteiger partial charge is 0.162 e. The molecule has 0 saturated carbocycles. The molecule has 0 aliphatic heterocycles. The van der Waals surface area contributed by atoms with Crippen LogP contribution in [0.2, 0.25) is 0 Å². The zero-order chi connectivity index (χ0) is 13.7. The Balaban J connectivity index is 2.20. The van der Waals surface area contributed by atoms with E-state index in [9.17, 15) is 0 Å². The van der Waals surface area contributed by atoms with Gasteiger partial charge in [0.1, 0.15) is 5.82 Å². The lowest BCUT2D eigenvalue weighted by Gasteiger charge is -2.04. The highest BCUT2D eigenvalue weighted by molar-refractivity contribution is 5.69. The van der Waals surface area contributed by atoms with Gasteiger partial charge in [0.15, 0.2) is 5.82 Å². The highest BCUT2D eigenvalue weighted by atomic mass is 14.9. The molecule has 0 aromatic carbocycles. The molecule has 2 N–H and O–H groups in total. The van der Waals surface area contributed by atoms with Crippen molar-refractivity contribution >= 4 is 11.9 Å². The summed E-state index contributed by atoms with van der Waals surface area (Å²) in [5, 5.41) is 0. The summed E-state index contributed by atoms with van der Waals surface area (Å²) in [6.45, 7) is 4.37. The Labute approximate surface area is 113 Å². The Hall–Kier alpha value is -2.23. The van der Waals surface area contributed by atoms with Crippen molar-refractivity contribution in [2.75, 3.05) is 5.73 Å². The second kappa shape index (κ2) is 6.09. The molecule has 0 unspecified atom stereocenters. The van der Waals surface area contributed by atoms with Gasteiger partial charge < -0.3 is 5.73 Å². The monoisotopic (exact) mass is 254 g/mol. The second-order valence-electron chi connectivity index (χ2n) is 4.77. The number of hydrogen-bond acceptors (Lipinski definition) is 4. The van der Waals surface area contributed by atoms with E-state index in [1.165, 1.54) is 0 Å². The first-order valence-corrected chi connectivity index (χ1v) is 6.37. The van der Waals surface area contributed by atoms with Gasteiger partial charge in [0.2, 0.25) is 0 Å². The molecule has 2 aromatic rings. The van der Waals surface area contributed by atoms with E-state index in [-0.39, 0.29) is 0 Å². The first-order valence-electron chi connectivity index (χ1n) is 6.37.